The van der Waals surface area contributed by atoms with Gasteiger partial charge in [-0.2, -0.15) is 5.26 Å². The van der Waals surface area contributed by atoms with Gasteiger partial charge in [-0.1, -0.05) is 52.9 Å². The van der Waals surface area contributed by atoms with E-state index in [0.29, 0.717) is 31.8 Å². The SMILES string of the molecule is N#CC(=Cc1ccc(SCc2ccc(Cl)cc2)o1)C(=O)Nc1nnc(-c2cccs2)s1. The van der Waals surface area contributed by atoms with Crippen LogP contribution in [0.4, 0.5) is 5.13 Å². The van der Waals surface area contributed by atoms with E-state index >= 15 is 0 Å². The summed E-state index contributed by atoms with van der Waals surface area (Å²) >= 11 is 10.2. The van der Waals surface area contributed by atoms with Crippen molar-refractivity contribution < 1.29 is 9.21 Å². The summed E-state index contributed by atoms with van der Waals surface area (Å²) in [6, 6.07) is 16.9. The van der Waals surface area contributed by atoms with Gasteiger partial charge in [0.05, 0.1) is 4.88 Å². The number of aromatic nitrogens is 2. The lowest BCUT2D eigenvalue weighted by molar-refractivity contribution is -0.112. The number of benzene rings is 1. The zero-order chi connectivity index (χ0) is 21.6. The summed E-state index contributed by atoms with van der Waals surface area (Å²) in [4.78, 5) is 13.4. The molecule has 0 atom stereocenters. The minimum absolute atomic E-state index is 0.0866. The van der Waals surface area contributed by atoms with Gasteiger partial charge in [0, 0.05) is 16.9 Å². The molecule has 6 nitrogen and oxygen atoms in total. The predicted octanol–water partition coefficient (Wildman–Crippen LogP) is 6.35. The Bertz CT molecular complexity index is 1250. The molecular formula is C21H13ClN4O2S3. The average Bonchev–Trinajstić information content (AvgIpc) is 3.53. The minimum atomic E-state index is -0.567. The number of hydrogen-bond acceptors (Lipinski definition) is 8. The second kappa shape index (κ2) is 9.94. The highest BCUT2D eigenvalue weighted by Gasteiger charge is 2.15. The number of halogens is 1. The molecule has 4 rings (SSSR count). The molecular weight excluding hydrogens is 472 g/mol. The molecule has 0 radical (unpaired) electrons. The largest absolute Gasteiger partial charge is 0.450 e. The highest BCUT2D eigenvalue weighted by Crippen LogP contribution is 2.30. The van der Waals surface area contributed by atoms with E-state index in [1.165, 1.54) is 40.5 Å². The van der Waals surface area contributed by atoms with Crippen molar-refractivity contribution in [2.45, 2.75) is 10.8 Å². The van der Waals surface area contributed by atoms with Gasteiger partial charge in [0.15, 0.2) is 10.1 Å². The van der Waals surface area contributed by atoms with Gasteiger partial charge in [-0.05, 0) is 41.3 Å². The highest BCUT2D eigenvalue weighted by atomic mass is 35.5. The Kier molecular flexibility index (Phi) is 6.84. The van der Waals surface area contributed by atoms with Crippen LogP contribution in [0.3, 0.4) is 0 Å². The zero-order valence-electron chi connectivity index (χ0n) is 15.7. The fraction of sp³-hybridized carbons (Fsp3) is 0.0476. The van der Waals surface area contributed by atoms with E-state index in [9.17, 15) is 10.1 Å². The Hall–Kier alpha value is -2.90. The Morgan fingerprint density at radius 3 is 2.81 bits per heavy atom. The van der Waals surface area contributed by atoms with Crippen molar-refractivity contribution in [2.75, 3.05) is 5.32 Å². The van der Waals surface area contributed by atoms with Crippen molar-refractivity contribution >= 4 is 63.2 Å². The highest BCUT2D eigenvalue weighted by molar-refractivity contribution is 7.98. The summed E-state index contributed by atoms with van der Waals surface area (Å²) in [6.45, 7) is 0. The van der Waals surface area contributed by atoms with Gasteiger partial charge in [-0.25, -0.2) is 0 Å². The molecule has 3 aromatic heterocycles. The van der Waals surface area contributed by atoms with Crippen LogP contribution in [0.15, 0.2) is 69.0 Å². The topological polar surface area (TPSA) is 91.8 Å². The number of nitriles is 1. The second-order valence-electron chi connectivity index (χ2n) is 6.09. The smallest absolute Gasteiger partial charge is 0.268 e. The molecule has 0 saturated heterocycles. The van der Waals surface area contributed by atoms with Crippen molar-refractivity contribution in [1.82, 2.24) is 10.2 Å². The first-order chi connectivity index (χ1) is 15.1. The summed E-state index contributed by atoms with van der Waals surface area (Å²) in [5, 5.41) is 24.4. The van der Waals surface area contributed by atoms with Crippen LogP contribution in [-0.2, 0) is 10.5 Å². The molecule has 31 heavy (non-hydrogen) atoms. The molecule has 4 aromatic rings. The third kappa shape index (κ3) is 5.62. The lowest BCUT2D eigenvalue weighted by Crippen LogP contribution is -2.13. The minimum Gasteiger partial charge on any atom is -0.450 e. The summed E-state index contributed by atoms with van der Waals surface area (Å²) in [5.74, 6) is 0.563. The number of nitrogens with zero attached hydrogens (tertiary/aromatic N) is 3. The molecule has 0 unspecified atom stereocenters. The van der Waals surface area contributed by atoms with Gasteiger partial charge < -0.3 is 4.42 Å². The van der Waals surface area contributed by atoms with Gasteiger partial charge in [0.1, 0.15) is 17.4 Å². The first kappa shape index (κ1) is 21.3. The fourth-order valence-corrected chi connectivity index (χ4v) is 4.93. The van der Waals surface area contributed by atoms with Gasteiger partial charge in [-0.3, -0.25) is 10.1 Å². The third-order valence-electron chi connectivity index (χ3n) is 3.93. The Morgan fingerprint density at radius 1 is 1.23 bits per heavy atom. The predicted molar refractivity (Wildman–Crippen MR) is 125 cm³/mol. The third-order valence-corrected chi connectivity index (χ3v) is 7.04. The molecule has 1 N–H and O–H groups in total. The maximum absolute atomic E-state index is 12.5. The molecule has 3 heterocycles. The standard InChI is InChI=1S/C21H13ClN4O2S3/c22-15-5-3-13(4-6-15)12-30-18-8-7-16(28-18)10-14(11-23)19(27)24-21-26-25-20(31-21)17-2-1-9-29-17/h1-10H,12H2,(H,24,26,27). The van der Waals surface area contributed by atoms with Crippen molar-refractivity contribution in [1.29, 1.82) is 5.26 Å². The number of thiophene rings is 1. The Morgan fingerprint density at radius 2 is 2.06 bits per heavy atom. The molecule has 10 heteroatoms. The van der Waals surface area contributed by atoms with Gasteiger partial charge in [0.25, 0.3) is 5.91 Å². The van der Waals surface area contributed by atoms with E-state index in [1.54, 1.807) is 12.1 Å². The summed E-state index contributed by atoms with van der Waals surface area (Å²) < 4.78 is 5.72. The van der Waals surface area contributed by atoms with E-state index < -0.39 is 5.91 Å². The van der Waals surface area contributed by atoms with E-state index in [-0.39, 0.29) is 5.57 Å². The quantitative estimate of drug-likeness (QED) is 0.186. The number of carbonyl (C=O) groups is 1. The van der Waals surface area contributed by atoms with E-state index in [2.05, 4.69) is 15.5 Å². The first-order valence-corrected chi connectivity index (χ1v) is 11.9. The van der Waals surface area contributed by atoms with Crippen LogP contribution in [-0.4, -0.2) is 16.1 Å². The van der Waals surface area contributed by atoms with Crippen LogP contribution in [0.2, 0.25) is 5.02 Å². The summed E-state index contributed by atoms with van der Waals surface area (Å²) in [6.07, 6.45) is 1.41. The molecule has 154 valence electrons. The number of thioether (sulfide) groups is 1. The van der Waals surface area contributed by atoms with Crippen molar-refractivity contribution in [2.24, 2.45) is 0 Å². The van der Waals surface area contributed by atoms with E-state index in [0.717, 1.165) is 10.4 Å². The number of carbonyl (C=O) groups excluding carboxylic acids is 1. The molecule has 0 aliphatic carbocycles. The first-order valence-electron chi connectivity index (χ1n) is 8.88. The van der Waals surface area contributed by atoms with Crippen LogP contribution in [0.1, 0.15) is 11.3 Å². The number of anilines is 1. The number of nitrogens with one attached hydrogen (secondary N) is 1. The zero-order valence-corrected chi connectivity index (χ0v) is 18.9. The van der Waals surface area contributed by atoms with Crippen LogP contribution < -0.4 is 5.32 Å². The molecule has 0 aliphatic rings. The molecule has 0 spiro atoms. The van der Waals surface area contributed by atoms with E-state index in [4.69, 9.17) is 16.0 Å². The average molecular weight is 485 g/mol. The van der Waals surface area contributed by atoms with Gasteiger partial charge >= 0.3 is 0 Å². The second-order valence-corrected chi connectivity index (χ2v) is 9.43. The lowest BCUT2D eigenvalue weighted by atomic mass is 10.2. The van der Waals surface area contributed by atoms with Crippen molar-refractivity contribution in [3.8, 4) is 16.0 Å². The van der Waals surface area contributed by atoms with Gasteiger partial charge in [-0.15, -0.1) is 21.5 Å². The summed E-state index contributed by atoms with van der Waals surface area (Å²) in [5.41, 5.74) is 1.02. The molecule has 0 bridgehead atoms. The lowest BCUT2D eigenvalue weighted by Gasteiger charge is -2.00. The van der Waals surface area contributed by atoms with E-state index in [1.807, 2.05) is 47.8 Å². The van der Waals surface area contributed by atoms with Crippen molar-refractivity contribution in [3.05, 3.63) is 75.8 Å². The number of furan rings is 1. The Labute approximate surface area is 195 Å². The molecule has 0 aliphatic heterocycles. The van der Waals surface area contributed by atoms with Crippen LogP contribution in [0, 0.1) is 11.3 Å². The number of hydrogen-bond donors (Lipinski definition) is 1. The van der Waals surface area contributed by atoms with Crippen LogP contribution in [0.25, 0.3) is 16.0 Å². The van der Waals surface area contributed by atoms with Crippen molar-refractivity contribution in [3.63, 3.8) is 0 Å². The molecule has 0 fully saturated rings. The molecule has 0 saturated carbocycles. The molecule has 1 amide bonds. The maximum Gasteiger partial charge on any atom is 0.268 e. The molecule has 1 aromatic carbocycles. The van der Waals surface area contributed by atoms with Gasteiger partial charge in [0.2, 0.25) is 5.13 Å². The maximum atomic E-state index is 12.5. The van der Waals surface area contributed by atoms with Crippen LogP contribution in [0.5, 0.6) is 0 Å². The number of amides is 1. The normalized spacial score (nSPS) is 11.3. The summed E-state index contributed by atoms with van der Waals surface area (Å²) in [7, 11) is 0. The monoisotopic (exact) mass is 484 g/mol. The van der Waals surface area contributed by atoms with Crippen LogP contribution >= 0.6 is 46.0 Å². The number of rotatable bonds is 7. The fourth-order valence-electron chi connectivity index (χ4n) is 2.45. The Balaban J connectivity index is 1.39.